The van der Waals surface area contributed by atoms with Gasteiger partial charge in [0, 0.05) is 0 Å². The molecule has 1 N–H and O–H groups in total. The molecule has 0 bridgehead atoms. The van der Waals surface area contributed by atoms with E-state index >= 15 is 0 Å². The van der Waals surface area contributed by atoms with Gasteiger partial charge >= 0.3 is 0 Å². The van der Waals surface area contributed by atoms with Crippen molar-refractivity contribution >= 4 is 0 Å². The van der Waals surface area contributed by atoms with E-state index in [-0.39, 0.29) is 0 Å². The molecule has 0 aromatic heterocycles. The molecule has 0 saturated heterocycles. The number of rotatable bonds is 2. The van der Waals surface area contributed by atoms with Crippen LogP contribution in [-0.2, 0) is 0 Å². The van der Waals surface area contributed by atoms with E-state index in [0.717, 1.165) is 19.3 Å². The lowest BCUT2D eigenvalue weighted by molar-refractivity contribution is 0.431. The number of allylic oxidation sites excluding steroid dienone is 5. The van der Waals surface area contributed by atoms with Gasteiger partial charge in [-0.2, -0.15) is 0 Å². The van der Waals surface area contributed by atoms with Crippen LogP contribution in [0.15, 0.2) is 35.6 Å². The van der Waals surface area contributed by atoms with Gasteiger partial charge in [0.2, 0.25) is 0 Å². The highest BCUT2D eigenvalue weighted by Gasteiger charge is 1.94. The lowest BCUT2D eigenvalue weighted by Gasteiger charge is -1.95. The van der Waals surface area contributed by atoms with Crippen molar-refractivity contribution in [2.75, 3.05) is 0 Å². The topological polar surface area (TPSA) is 20.2 Å². The Kier molecular flexibility index (Phi) is 2.96. The number of aliphatic hydroxyl groups excluding tert-OH is 1. The van der Waals surface area contributed by atoms with Crippen LogP contribution in [0.25, 0.3) is 0 Å². The fourth-order valence-corrected chi connectivity index (χ4v) is 1.13. The molecule has 1 aliphatic rings. The second kappa shape index (κ2) is 4.02. The van der Waals surface area contributed by atoms with Crippen LogP contribution < -0.4 is 0 Å². The Morgan fingerprint density at radius 1 is 1.36 bits per heavy atom. The molecule has 60 valence electrons. The van der Waals surface area contributed by atoms with Crippen molar-refractivity contribution in [3.05, 3.63) is 35.6 Å². The summed E-state index contributed by atoms with van der Waals surface area (Å²) in [7, 11) is 0. The largest absolute Gasteiger partial charge is 0.508 e. The van der Waals surface area contributed by atoms with Crippen molar-refractivity contribution in [2.24, 2.45) is 0 Å². The van der Waals surface area contributed by atoms with Crippen LogP contribution in [0.4, 0.5) is 0 Å². The van der Waals surface area contributed by atoms with Crippen LogP contribution in [-0.4, -0.2) is 5.11 Å². The lowest BCUT2D eigenvalue weighted by Crippen LogP contribution is -1.75. The van der Waals surface area contributed by atoms with Gasteiger partial charge in [-0.15, -0.1) is 0 Å². The van der Waals surface area contributed by atoms with Crippen molar-refractivity contribution in [3.8, 4) is 0 Å². The number of aliphatic hydroxyl groups is 1. The molecule has 0 aromatic carbocycles. The fourth-order valence-electron chi connectivity index (χ4n) is 1.13. The summed E-state index contributed by atoms with van der Waals surface area (Å²) >= 11 is 0. The zero-order valence-electron chi connectivity index (χ0n) is 6.88. The van der Waals surface area contributed by atoms with Crippen molar-refractivity contribution in [2.45, 2.75) is 26.2 Å². The van der Waals surface area contributed by atoms with Crippen molar-refractivity contribution in [1.29, 1.82) is 0 Å². The monoisotopic (exact) mass is 150 g/mol. The summed E-state index contributed by atoms with van der Waals surface area (Å²) in [6.45, 7) is 2.16. The Morgan fingerprint density at radius 3 is 2.91 bits per heavy atom. The molecular formula is C10H14O. The first-order valence-corrected chi connectivity index (χ1v) is 4.09. The zero-order chi connectivity index (χ0) is 8.10. The van der Waals surface area contributed by atoms with E-state index in [4.69, 9.17) is 5.11 Å². The van der Waals surface area contributed by atoms with Crippen LogP contribution in [0.3, 0.4) is 0 Å². The summed E-state index contributed by atoms with van der Waals surface area (Å²) in [6.07, 6.45) is 10.8. The quantitative estimate of drug-likeness (QED) is 0.641. The molecule has 1 nitrogen and oxygen atoms in total. The maximum atomic E-state index is 9.12. The van der Waals surface area contributed by atoms with Crippen molar-refractivity contribution < 1.29 is 5.11 Å². The molecule has 0 unspecified atom stereocenters. The van der Waals surface area contributed by atoms with Gasteiger partial charge in [-0.3, -0.25) is 0 Å². The molecule has 1 heteroatoms. The van der Waals surface area contributed by atoms with Gasteiger partial charge in [0.05, 0.1) is 0 Å². The van der Waals surface area contributed by atoms with E-state index < -0.39 is 0 Å². The maximum Gasteiger partial charge on any atom is 0.111 e. The molecule has 0 atom stereocenters. The predicted molar refractivity (Wildman–Crippen MR) is 47.5 cm³/mol. The van der Waals surface area contributed by atoms with Crippen LogP contribution in [0.1, 0.15) is 26.2 Å². The summed E-state index contributed by atoms with van der Waals surface area (Å²) in [5, 5.41) is 9.12. The molecular weight excluding hydrogens is 136 g/mol. The average Bonchev–Trinajstić information content (AvgIpc) is 2.17. The Hall–Kier alpha value is -0.980. The summed E-state index contributed by atoms with van der Waals surface area (Å²) < 4.78 is 0. The van der Waals surface area contributed by atoms with E-state index in [1.807, 2.05) is 12.2 Å². The summed E-state index contributed by atoms with van der Waals surface area (Å²) in [4.78, 5) is 0. The highest BCUT2D eigenvalue weighted by atomic mass is 16.3. The molecule has 1 aliphatic carbocycles. The molecule has 0 amide bonds. The summed E-state index contributed by atoms with van der Waals surface area (Å²) in [5.41, 5.74) is 1.33. The standard InChI is InChI=1S/C10H14O/c1-2-4-9-5-3-6-10(11)8-7-9/h5-8,11H,2-4H2,1H3. The first kappa shape index (κ1) is 8.12. The Labute approximate surface area is 67.7 Å². The lowest BCUT2D eigenvalue weighted by atomic mass is 10.1. The van der Waals surface area contributed by atoms with E-state index in [9.17, 15) is 0 Å². The maximum absolute atomic E-state index is 9.12. The molecule has 11 heavy (non-hydrogen) atoms. The van der Waals surface area contributed by atoms with Gasteiger partial charge in [0.1, 0.15) is 5.76 Å². The first-order chi connectivity index (χ1) is 5.33. The zero-order valence-corrected chi connectivity index (χ0v) is 6.88. The van der Waals surface area contributed by atoms with Gasteiger partial charge < -0.3 is 5.11 Å². The van der Waals surface area contributed by atoms with E-state index in [0.29, 0.717) is 5.76 Å². The third kappa shape index (κ3) is 2.62. The molecule has 1 rings (SSSR count). The smallest absolute Gasteiger partial charge is 0.111 e. The minimum atomic E-state index is 0.382. The SMILES string of the molecule is CCCC1=CCC=C(O)C=C1. The van der Waals surface area contributed by atoms with E-state index in [1.165, 1.54) is 5.57 Å². The second-order valence-electron chi connectivity index (χ2n) is 2.73. The fraction of sp³-hybridized carbons (Fsp3) is 0.400. The van der Waals surface area contributed by atoms with E-state index in [1.54, 1.807) is 6.08 Å². The van der Waals surface area contributed by atoms with Gasteiger partial charge in [-0.25, -0.2) is 0 Å². The Morgan fingerprint density at radius 2 is 2.18 bits per heavy atom. The minimum Gasteiger partial charge on any atom is -0.508 e. The number of hydrogen-bond acceptors (Lipinski definition) is 1. The molecule has 0 heterocycles. The average molecular weight is 150 g/mol. The summed E-state index contributed by atoms with van der Waals surface area (Å²) in [5.74, 6) is 0.382. The number of hydrogen-bond donors (Lipinski definition) is 1. The molecule has 0 spiro atoms. The van der Waals surface area contributed by atoms with Crippen molar-refractivity contribution in [1.82, 2.24) is 0 Å². The van der Waals surface area contributed by atoms with Gasteiger partial charge in [-0.05, 0) is 25.0 Å². The highest BCUT2D eigenvalue weighted by molar-refractivity contribution is 5.28. The molecule has 0 saturated carbocycles. The Bertz CT molecular complexity index is 209. The predicted octanol–water partition coefficient (Wildman–Crippen LogP) is 3.11. The van der Waals surface area contributed by atoms with Crippen LogP contribution >= 0.6 is 0 Å². The van der Waals surface area contributed by atoms with Crippen LogP contribution in [0.2, 0.25) is 0 Å². The third-order valence-corrected chi connectivity index (χ3v) is 1.71. The van der Waals surface area contributed by atoms with E-state index in [2.05, 4.69) is 13.0 Å². The molecule has 0 aromatic rings. The summed E-state index contributed by atoms with van der Waals surface area (Å²) in [6, 6.07) is 0. The second-order valence-corrected chi connectivity index (χ2v) is 2.73. The first-order valence-electron chi connectivity index (χ1n) is 4.09. The third-order valence-electron chi connectivity index (χ3n) is 1.71. The van der Waals surface area contributed by atoms with Gasteiger partial charge in [-0.1, -0.05) is 31.1 Å². The highest BCUT2D eigenvalue weighted by Crippen LogP contribution is 2.12. The van der Waals surface area contributed by atoms with Crippen LogP contribution in [0, 0.1) is 0 Å². The van der Waals surface area contributed by atoms with Gasteiger partial charge in [0.15, 0.2) is 0 Å². The minimum absolute atomic E-state index is 0.382. The van der Waals surface area contributed by atoms with Crippen LogP contribution in [0.5, 0.6) is 0 Å². The molecule has 0 fully saturated rings. The van der Waals surface area contributed by atoms with Gasteiger partial charge in [0.25, 0.3) is 0 Å². The normalized spacial score (nSPS) is 17.2. The Balaban J connectivity index is 2.58. The molecule has 0 aliphatic heterocycles. The molecule has 0 radical (unpaired) electrons. The van der Waals surface area contributed by atoms with Crippen molar-refractivity contribution in [3.63, 3.8) is 0 Å².